The molecular weight excluding hydrogens is 297 g/mol. The number of rotatable bonds is 4. The number of hydrogen-bond acceptors (Lipinski definition) is 3. The summed E-state index contributed by atoms with van der Waals surface area (Å²) in [6, 6.07) is 9.66. The maximum Gasteiger partial charge on any atom is 0.162 e. The summed E-state index contributed by atoms with van der Waals surface area (Å²) in [6.45, 7) is 1.46. The number of benzene rings is 2. The van der Waals surface area contributed by atoms with Crippen molar-refractivity contribution in [3.05, 3.63) is 47.8 Å². The number of fused-ring (bicyclic) bond motifs is 1. The summed E-state index contributed by atoms with van der Waals surface area (Å²) in [5, 5.41) is 0.553. The highest BCUT2D eigenvalue weighted by molar-refractivity contribution is 6.12. The highest BCUT2D eigenvalue weighted by atomic mass is 19.1. The van der Waals surface area contributed by atoms with Crippen LogP contribution in [0.5, 0.6) is 11.5 Å². The second kappa shape index (κ2) is 5.76. The van der Waals surface area contributed by atoms with Crippen molar-refractivity contribution in [2.24, 2.45) is 0 Å². The Kier molecular flexibility index (Phi) is 3.78. The molecule has 5 heteroatoms. The normalized spacial score (nSPS) is 10.8. The lowest BCUT2D eigenvalue weighted by atomic mass is 10.0. The van der Waals surface area contributed by atoms with Crippen molar-refractivity contribution in [1.29, 1.82) is 0 Å². The van der Waals surface area contributed by atoms with Gasteiger partial charge < -0.3 is 14.5 Å². The molecule has 1 N–H and O–H groups in total. The molecule has 1 heterocycles. The van der Waals surface area contributed by atoms with Gasteiger partial charge in [0.25, 0.3) is 0 Å². The summed E-state index contributed by atoms with van der Waals surface area (Å²) in [4.78, 5) is 15.4. The first-order valence-electron chi connectivity index (χ1n) is 7.09. The van der Waals surface area contributed by atoms with E-state index in [0.29, 0.717) is 39.2 Å². The first-order valence-corrected chi connectivity index (χ1v) is 7.09. The van der Waals surface area contributed by atoms with E-state index in [1.165, 1.54) is 19.1 Å². The third-order valence-corrected chi connectivity index (χ3v) is 3.79. The lowest BCUT2D eigenvalue weighted by Gasteiger charge is -2.10. The molecule has 0 saturated heterocycles. The summed E-state index contributed by atoms with van der Waals surface area (Å²) in [6.07, 6.45) is 0. The van der Waals surface area contributed by atoms with Gasteiger partial charge in [0.1, 0.15) is 17.3 Å². The van der Waals surface area contributed by atoms with E-state index in [1.807, 2.05) is 0 Å². The van der Waals surface area contributed by atoms with Crippen molar-refractivity contribution in [1.82, 2.24) is 4.98 Å². The van der Waals surface area contributed by atoms with Crippen LogP contribution in [0.15, 0.2) is 36.4 Å². The van der Waals surface area contributed by atoms with Gasteiger partial charge in [0.05, 0.1) is 25.5 Å². The van der Waals surface area contributed by atoms with Gasteiger partial charge in [0, 0.05) is 16.5 Å². The van der Waals surface area contributed by atoms with Crippen LogP contribution in [-0.2, 0) is 0 Å². The molecule has 23 heavy (non-hydrogen) atoms. The second-order valence-electron chi connectivity index (χ2n) is 5.19. The molecule has 2 aromatic carbocycles. The van der Waals surface area contributed by atoms with Crippen molar-refractivity contribution in [3.8, 4) is 22.8 Å². The maximum atomic E-state index is 13.6. The van der Waals surface area contributed by atoms with Crippen molar-refractivity contribution in [3.63, 3.8) is 0 Å². The molecule has 0 aliphatic carbocycles. The fourth-order valence-corrected chi connectivity index (χ4v) is 2.74. The predicted octanol–water partition coefficient (Wildman–Crippen LogP) is 4.19. The van der Waals surface area contributed by atoms with E-state index in [2.05, 4.69) is 4.98 Å². The van der Waals surface area contributed by atoms with Gasteiger partial charge in [-0.15, -0.1) is 0 Å². The Morgan fingerprint density at radius 3 is 2.52 bits per heavy atom. The minimum absolute atomic E-state index is 0.151. The Labute approximate surface area is 132 Å². The molecule has 0 fully saturated rings. The van der Waals surface area contributed by atoms with Crippen molar-refractivity contribution >= 4 is 16.7 Å². The quantitative estimate of drug-likeness (QED) is 0.735. The number of carbonyl (C=O) groups excluding carboxylic acids is 1. The fourth-order valence-electron chi connectivity index (χ4n) is 2.74. The fraction of sp³-hybridized carbons (Fsp3) is 0.167. The van der Waals surface area contributed by atoms with Gasteiger partial charge in [-0.05, 0) is 43.3 Å². The van der Waals surface area contributed by atoms with Gasteiger partial charge >= 0.3 is 0 Å². The number of carbonyl (C=O) groups is 1. The minimum atomic E-state index is -0.386. The number of Topliss-reactive ketones (excluding diaryl/α,β-unsaturated/α-hetero) is 1. The van der Waals surface area contributed by atoms with Crippen LogP contribution in [0.1, 0.15) is 17.3 Å². The maximum absolute atomic E-state index is 13.6. The number of hydrogen-bond donors (Lipinski definition) is 1. The van der Waals surface area contributed by atoms with Crippen LogP contribution in [0.2, 0.25) is 0 Å². The molecule has 0 radical (unpaired) electrons. The zero-order valence-electron chi connectivity index (χ0n) is 13.1. The number of nitrogens with one attached hydrogen (secondary N) is 1. The minimum Gasteiger partial charge on any atom is -0.497 e. The van der Waals surface area contributed by atoms with Gasteiger partial charge in [0.15, 0.2) is 5.78 Å². The number of ether oxygens (including phenoxy) is 2. The van der Waals surface area contributed by atoms with E-state index in [4.69, 9.17) is 9.47 Å². The molecule has 1 aromatic heterocycles. The largest absolute Gasteiger partial charge is 0.497 e. The summed E-state index contributed by atoms with van der Waals surface area (Å²) >= 11 is 0. The van der Waals surface area contributed by atoms with E-state index in [0.717, 1.165) is 0 Å². The van der Waals surface area contributed by atoms with Crippen LogP contribution >= 0.6 is 0 Å². The van der Waals surface area contributed by atoms with E-state index in [-0.39, 0.29) is 11.6 Å². The van der Waals surface area contributed by atoms with Crippen LogP contribution < -0.4 is 9.47 Å². The number of aromatic amines is 1. The van der Waals surface area contributed by atoms with Gasteiger partial charge in [-0.1, -0.05) is 0 Å². The Morgan fingerprint density at radius 1 is 1.09 bits per heavy atom. The van der Waals surface area contributed by atoms with Crippen molar-refractivity contribution < 1.29 is 18.7 Å². The SMILES string of the molecule is COc1ccc(OC)c(-c2[nH]c3ccc(F)cc3c2C(C)=O)c1. The third kappa shape index (κ3) is 2.54. The highest BCUT2D eigenvalue weighted by Crippen LogP contribution is 2.38. The number of H-pyrrole nitrogens is 1. The first-order chi connectivity index (χ1) is 11.0. The van der Waals surface area contributed by atoms with Crippen LogP contribution in [0.4, 0.5) is 4.39 Å². The monoisotopic (exact) mass is 313 g/mol. The van der Waals surface area contributed by atoms with Crippen LogP contribution in [0.3, 0.4) is 0 Å². The number of halogens is 1. The summed E-state index contributed by atoms with van der Waals surface area (Å²) in [5.74, 6) is 0.699. The standard InChI is InChI=1S/C18H16FNO3/c1-10(21)17-13-8-11(19)4-6-15(13)20-18(17)14-9-12(22-2)5-7-16(14)23-3/h4-9,20H,1-3H3. The van der Waals surface area contributed by atoms with Crippen molar-refractivity contribution in [2.45, 2.75) is 6.92 Å². The molecular formula is C18H16FNO3. The zero-order chi connectivity index (χ0) is 16.6. The third-order valence-electron chi connectivity index (χ3n) is 3.79. The van der Waals surface area contributed by atoms with E-state index in [1.54, 1.807) is 38.5 Å². The Balaban J connectivity index is 2.36. The second-order valence-corrected chi connectivity index (χ2v) is 5.19. The first kappa shape index (κ1) is 15.1. The van der Waals surface area contributed by atoms with Crippen LogP contribution in [0, 0.1) is 5.82 Å². The molecule has 0 amide bonds. The van der Waals surface area contributed by atoms with Gasteiger partial charge in [-0.25, -0.2) is 4.39 Å². The van der Waals surface area contributed by atoms with E-state index >= 15 is 0 Å². The number of ketones is 1. The zero-order valence-corrected chi connectivity index (χ0v) is 13.1. The molecule has 0 bridgehead atoms. The van der Waals surface area contributed by atoms with Gasteiger partial charge in [-0.2, -0.15) is 0 Å². The summed E-state index contributed by atoms with van der Waals surface area (Å²) in [7, 11) is 3.12. The molecule has 0 aliphatic heterocycles. The molecule has 0 aliphatic rings. The number of aromatic nitrogens is 1. The lowest BCUT2D eigenvalue weighted by Crippen LogP contribution is -1.97. The molecule has 118 valence electrons. The van der Waals surface area contributed by atoms with Gasteiger partial charge in [0.2, 0.25) is 0 Å². The average molecular weight is 313 g/mol. The molecule has 4 nitrogen and oxygen atoms in total. The molecule has 3 rings (SSSR count). The Morgan fingerprint density at radius 2 is 1.87 bits per heavy atom. The highest BCUT2D eigenvalue weighted by Gasteiger charge is 2.20. The van der Waals surface area contributed by atoms with Crippen LogP contribution in [-0.4, -0.2) is 25.0 Å². The lowest BCUT2D eigenvalue weighted by molar-refractivity contribution is 0.102. The van der Waals surface area contributed by atoms with E-state index in [9.17, 15) is 9.18 Å². The number of methoxy groups -OCH3 is 2. The van der Waals surface area contributed by atoms with Gasteiger partial charge in [-0.3, -0.25) is 4.79 Å². The topological polar surface area (TPSA) is 51.3 Å². The predicted molar refractivity (Wildman–Crippen MR) is 86.8 cm³/mol. The Bertz CT molecular complexity index is 899. The molecule has 0 spiro atoms. The Hall–Kier alpha value is -2.82. The van der Waals surface area contributed by atoms with Crippen LogP contribution in [0.25, 0.3) is 22.2 Å². The average Bonchev–Trinajstić information content (AvgIpc) is 2.92. The summed E-state index contributed by atoms with van der Waals surface area (Å²) in [5.41, 5.74) is 2.41. The molecule has 0 atom stereocenters. The van der Waals surface area contributed by atoms with E-state index < -0.39 is 0 Å². The molecule has 0 saturated carbocycles. The molecule has 3 aromatic rings. The van der Waals surface area contributed by atoms with Crippen molar-refractivity contribution in [2.75, 3.05) is 14.2 Å². The molecule has 0 unspecified atom stereocenters. The smallest absolute Gasteiger partial charge is 0.162 e. The summed E-state index contributed by atoms with van der Waals surface area (Å²) < 4.78 is 24.2.